The molecular formula is C20H22N8. The number of nitriles is 3. The predicted octanol–water partition coefficient (Wildman–Crippen LogP) is 4.50. The van der Waals surface area contributed by atoms with Crippen LogP contribution in [0, 0.1) is 40.9 Å². The molecule has 1 aromatic carbocycles. The van der Waals surface area contributed by atoms with Crippen molar-refractivity contribution in [2.45, 2.75) is 40.2 Å². The van der Waals surface area contributed by atoms with Gasteiger partial charge in [-0.1, -0.05) is 13.3 Å². The molecule has 0 radical (unpaired) electrons. The molecule has 0 spiro atoms. The fourth-order valence-electron chi connectivity index (χ4n) is 2.78. The summed E-state index contributed by atoms with van der Waals surface area (Å²) in [6, 6.07) is 11.6. The lowest BCUT2D eigenvalue weighted by Gasteiger charge is -2.23. The van der Waals surface area contributed by atoms with Gasteiger partial charge in [-0.15, -0.1) is 10.2 Å². The van der Waals surface area contributed by atoms with E-state index in [1.165, 1.54) is 4.68 Å². The van der Waals surface area contributed by atoms with Crippen LogP contribution in [0.3, 0.4) is 0 Å². The van der Waals surface area contributed by atoms with Crippen LogP contribution in [0.2, 0.25) is 0 Å². The van der Waals surface area contributed by atoms with Crippen LogP contribution in [0.15, 0.2) is 28.4 Å². The highest BCUT2D eigenvalue weighted by molar-refractivity contribution is 5.59. The van der Waals surface area contributed by atoms with Gasteiger partial charge in [-0.3, -0.25) is 0 Å². The van der Waals surface area contributed by atoms with Crippen LogP contribution in [0.5, 0.6) is 0 Å². The average Bonchev–Trinajstić information content (AvgIpc) is 3.04. The van der Waals surface area contributed by atoms with Gasteiger partial charge in [0.25, 0.3) is 0 Å². The number of benzene rings is 1. The van der Waals surface area contributed by atoms with E-state index in [4.69, 9.17) is 10.5 Å². The summed E-state index contributed by atoms with van der Waals surface area (Å²) < 4.78 is 1.22. The molecule has 0 aliphatic carbocycles. The highest BCUT2D eigenvalue weighted by Gasteiger charge is 2.17. The zero-order chi connectivity index (χ0) is 20.5. The fraction of sp³-hybridized carbons (Fsp3) is 0.400. The zero-order valence-electron chi connectivity index (χ0n) is 16.3. The molecule has 0 amide bonds. The maximum absolute atomic E-state index is 9.31. The lowest BCUT2D eigenvalue weighted by Crippen LogP contribution is -2.23. The van der Waals surface area contributed by atoms with Crippen LogP contribution >= 0.6 is 0 Å². The Morgan fingerprint density at radius 1 is 1.14 bits per heavy atom. The normalized spacial score (nSPS) is 10.4. The van der Waals surface area contributed by atoms with E-state index in [0.717, 1.165) is 37.2 Å². The Morgan fingerprint density at radius 3 is 2.50 bits per heavy atom. The molecule has 2 aromatic rings. The molecule has 0 aliphatic heterocycles. The summed E-state index contributed by atoms with van der Waals surface area (Å²) in [5, 5.41) is 39.7. The number of hydrogen-bond acceptors (Lipinski definition) is 7. The Bertz CT molecular complexity index is 981. The topological polar surface area (TPSA) is 117 Å². The third-order valence-corrected chi connectivity index (χ3v) is 4.33. The summed E-state index contributed by atoms with van der Waals surface area (Å²) in [7, 11) is 0. The first-order valence-corrected chi connectivity index (χ1v) is 9.14. The van der Waals surface area contributed by atoms with E-state index in [-0.39, 0.29) is 23.6 Å². The van der Waals surface area contributed by atoms with Crippen molar-refractivity contribution in [2.75, 3.05) is 18.0 Å². The molecule has 2 rings (SSSR count). The fourth-order valence-corrected chi connectivity index (χ4v) is 2.78. The first kappa shape index (κ1) is 20.6. The third kappa shape index (κ3) is 4.52. The third-order valence-electron chi connectivity index (χ3n) is 4.33. The summed E-state index contributed by atoms with van der Waals surface area (Å²) in [4.78, 5) is 2.31. The maximum Gasteiger partial charge on any atom is 0.193 e. The summed E-state index contributed by atoms with van der Waals surface area (Å²) >= 11 is 0. The lowest BCUT2D eigenvalue weighted by atomic mass is 10.1. The van der Waals surface area contributed by atoms with Gasteiger partial charge in [0, 0.05) is 18.8 Å². The molecule has 1 aromatic heterocycles. The van der Waals surface area contributed by atoms with Crippen LogP contribution in [-0.2, 0) is 6.54 Å². The van der Waals surface area contributed by atoms with Crippen molar-refractivity contribution >= 4 is 17.2 Å². The van der Waals surface area contributed by atoms with E-state index >= 15 is 0 Å². The Balaban J connectivity index is 2.35. The number of aryl methyl sites for hydroxylation is 1. The number of nitrogens with zero attached hydrogens (tertiary/aromatic N) is 8. The Kier molecular flexibility index (Phi) is 7.25. The molecule has 0 atom stereocenters. The molecule has 0 saturated heterocycles. The molecular weight excluding hydrogens is 352 g/mol. The minimum atomic E-state index is -0.120. The largest absolute Gasteiger partial charge is 0.372 e. The summed E-state index contributed by atoms with van der Waals surface area (Å²) in [6.45, 7) is 8.06. The quantitative estimate of drug-likeness (QED) is 0.630. The molecule has 0 saturated carbocycles. The summed E-state index contributed by atoms with van der Waals surface area (Å²) in [5.74, 6) is 0.113. The van der Waals surface area contributed by atoms with Gasteiger partial charge in [0.05, 0.1) is 11.8 Å². The molecule has 8 heteroatoms. The van der Waals surface area contributed by atoms with Crippen LogP contribution in [0.1, 0.15) is 43.5 Å². The number of rotatable bonds is 8. The number of azo groups is 1. The summed E-state index contributed by atoms with van der Waals surface area (Å²) in [5.41, 5.74) is 2.69. The molecule has 0 fully saturated rings. The monoisotopic (exact) mass is 374 g/mol. The molecule has 0 unspecified atom stereocenters. The van der Waals surface area contributed by atoms with Gasteiger partial charge in [0.2, 0.25) is 0 Å². The SMILES string of the molecule is CCCCN(CC)c1ccc(N=Nc2c(C#N)c(C#N)nn2CC#N)c(C)c1. The van der Waals surface area contributed by atoms with Gasteiger partial charge < -0.3 is 4.90 Å². The van der Waals surface area contributed by atoms with Crippen LogP contribution in [0.4, 0.5) is 17.2 Å². The lowest BCUT2D eigenvalue weighted by molar-refractivity contribution is 0.705. The summed E-state index contributed by atoms with van der Waals surface area (Å²) in [6.07, 6.45) is 2.28. The van der Waals surface area contributed by atoms with Gasteiger partial charge in [0.15, 0.2) is 11.5 Å². The second-order valence-corrected chi connectivity index (χ2v) is 6.19. The number of anilines is 1. The minimum Gasteiger partial charge on any atom is -0.372 e. The highest BCUT2D eigenvalue weighted by Crippen LogP contribution is 2.29. The predicted molar refractivity (Wildman–Crippen MR) is 105 cm³/mol. The van der Waals surface area contributed by atoms with Gasteiger partial charge in [-0.05, 0) is 44.0 Å². The van der Waals surface area contributed by atoms with E-state index in [1.807, 2.05) is 37.3 Å². The molecule has 8 nitrogen and oxygen atoms in total. The van der Waals surface area contributed by atoms with E-state index in [0.29, 0.717) is 5.69 Å². The Hall–Kier alpha value is -3.70. The van der Waals surface area contributed by atoms with Crippen molar-refractivity contribution in [2.24, 2.45) is 10.2 Å². The first-order valence-electron chi connectivity index (χ1n) is 9.14. The van der Waals surface area contributed by atoms with Crippen molar-refractivity contribution in [1.29, 1.82) is 15.8 Å². The van der Waals surface area contributed by atoms with Crippen LogP contribution < -0.4 is 4.90 Å². The van der Waals surface area contributed by atoms with Crippen LogP contribution in [0.25, 0.3) is 0 Å². The van der Waals surface area contributed by atoms with E-state index in [9.17, 15) is 5.26 Å². The average molecular weight is 374 g/mol. The van der Waals surface area contributed by atoms with Crippen molar-refractivity contribution in [3.05, 3.63) is 35.0 Å². The minimum absolute atomic E-state index is 0.0208. The standard InChI is InChI=1S/C20H22N8/c1-4-6-10-27(5-2)16-7-8-18(15(3)12-16)24-25-20-17(13-22)19(14-23)26-28(20)11-9-21/h7-8,12H,4-6,10-11H2,1-3H3. The van der Waals surface area contributed by atoms with Gasteiger partial charge in [-0.2, -0.15) is 20.9 Å². The van der Waals surface area contributed by atoms with E-state index in [1.54, 1.807) is 0 Å². The maximum atomic E-state index is 9.31. The molecule has 0 aliphatic rings. The second kappa shape index (κ2) is 9.85. The Labute approximate surface area is 164 Å². The highest BCUT2D eigenvalue weighted by atomic mass is 15.3. The van der Waals surface area contributed by atoms with Gasteiger partial charge >= 0.3 is 0 Å². The van der Waals surface area contributed by atoms with Crippen molar-refractivity contribution in [3.63, 3.8) is 0 Å². The van der Waals surface area contributed by atoms with Gasteiger partial charge in [0.1, 0.15) is 24.2 Å². The molecule has 0 bridgehead atoms. The molecule has 1 heterocycles. The van der Waals surface area contributed by atoms with Gasteiger partial charge in [-0.25, -0.2) is 4.68 Å². The molecule has 0 N–H and O–H groups in total. The van der Waals surface area contributed by atoms with E-state index in [2.05, 4.69) is 40.1 Å². The second-order valence-electron chi connectivity index (χ2n) is 6.19. The zero-order valence-corrected chi connectivity index (χ0v) is 16.3. The van der Waals surface area contributed by atoms with Crippen molar-refractivity contribution in [3.8, 4) is 18.2 Å². The smallest absolute Gasteiger partial charge is 0.193 e. The Morgan fingerprint density at radius 2 is 1.93 bits per heavy atom. The number of hydrogen-bond donors (Lipinski definition) is 0. The van der Waals surface area contributed by atoms with Crippen molar-refractivity contribution < 1.29 is 0 Å². The van der Waals surface area contributed by atoms with Crippen LogP contribution in [-0.4, -0.2) is 22.9 Å². The number of unbranched alkanes of at least 4 members (excludes halogenated alkanes) is 1. The first-order chi connectivity index (χ1) is 13.6. The number of aromatic nitrogens is 2. The molecule has 28 heavy (non-hydrogen) atoms. The van der Waals surface area contributed by atoms with Crippen molar-refractivity contribution in [1.82, 2.24) is 9.78 Å². The van der Waals surface area contributed by atoms with E-state index < -0.39 is 0 Å². The molecule has 142 valence electrons.